The lowest BCUT2D eigenvalue weighted by atomic mass is 10.1. The first-order valence-corrected chi connectivity index (χ1v) is 7.45. The van der Waals surface area contributed by atoms with Gasteiger partial charge in [0.2, 0.25) is 10.0 Å². The first-order valence-electron chi connectivity index (χ1n) is 5.74. The van der Waals surface area contributed by atoms with E-state index in [1.54, 1.807) is 6.08 Å². The number of primary sulfonamides is 1. The summed E-state index contributed by atoms with van der Waals surface area (Å²) in [6.07, 6.45) is 3.71. The number of amides is 2. The Morgan fingerprint density at radius 2 is 2.05 bits per heavy atom. The molecule has 2 unspecified atom stereocenters. The predicted molar refractivity (Wildman–Crippen MR) is 67.8 cm³/mol. The number of urea groups is 1. The zero-order valence-electron chi connectivity index (χ0n) is 10.2. The van der Waals surface area contributed by atoms with Gasteiger partial charge in [-0.3, -0.25) is 4.79 Å². The number of rotatable bonds is 6. The maximum atomic E-state index is 11.4. The van der Waals surface area contributed by atoms with Crippen LogP contribution in [0.5, 0.6) is 0 Å². The van der Waals surface area contributed by atoms with Gasteiger partial charge in [-0.25, -0.2) is 18.4 Å². The van der Waals surface area contributed by atoms with Crippen LogP contribution in [-0.4, -0.2) is 43.9 Å². The van der Waals surface area contributed by atoms with E-state index in [2.05, 4.69) is 10.6 Å². The van der Waals surface area contributed by atoms with Crippen molar-refractivity contribution in [1.82, 2.24) is 10.6 Å². The number of carboxylic acids is 1. The summed E-state index contributed by atoms with van der Waals surface area (Å²) in [5.74, 6) is -1.70. The van der Waals surface area contributed by atoms with E-state index in [-0.39, 0.29) is 24.8 Å². The smallest absolute Gasteiger partial charge is 0.315 e. The number of sulfonamides is 1. The molecule has 0 saturated carbocycles. The van der Waals surface area contributed by atoms with Gasteiger partial charge < -0.3 is 15.7 Å². The molecule has 0 heterocycles. The summed E-state index contributed by atoms with van der Waals surface area (Å²) in [6, 6.07) is -0.783. The van der Waals surface area contributed by atoms with Crippen LogP contribution in [0.25, 0.3) is 0 Å². The standard InChI is InChI=1S/C10H17N3O5S/c11-19(17,18)5-1-4-12-10(16)13-8-3-2-7(6-8)9(14)15/h2-3,7-8H,1,4-6H2,(H,14,15)(H2,11,17,18)(H2,12,13,16). The first-order chi connectivity index (χ1) is 8.78. The fraction of sp³-hybridized carbons (Fsp3) is 0.600. The Hall–Kier alpha value is -1.61. The molecule has 1 aliphatic carbocycles. The zero-order chi connectivity index (χ0) is 14.5. The van der Waals surface area contributed by atoms with Crippen molar-refractivity contribution in [2.75, 3.05) is 12.3 Å². The van der Waals surface area contributed by atoms with E-state index in [0.29, 0.717) is 6.42 Å². The van der Waals surface area contributed by atoms with Crippen LogP contribution in [0, 0.1) is 5.92 Å². The zero-order valence-corrected chi connectivity index (χ0v) is 11.0. The molecule has 0 saturated heterocycles. The third kappa shape index (κ3) is 6.20. The summed E-state index contributed by atoms with van der Waals surface area (Å²) in [4.78, 5) is 22.1. The molecule has 2 amide bonds. The third-order valence-corrected chi connectivity index (χ3v) is 3.47. The van der Waals surface area contributed by atoms with Crippen molar-refractivity contribution in [2.24, 2.45) is 11.1 Å². The Morgan fingerprint density at radius 1 is 1.37 bits per heavy atom. The number of carboxylic acid groups (broad SMARTS) is 1. The fourth-order valence-electron chi connectivity index (χ4n) is 1.68. The van der Waals surface area contributed by atoms with Crippen molar-refractivity contribution in [2.45, 2.75) is 18.9 Å². The van der Waals surface area contributed by atoms with Gasteiger partial charge in [0.25, 0.3) is 0 Å². The van der Waals surface area contributed by atoms with Gasteiger partial charge >= 0.3 is 12.0 Å². The minimum Gasteiger partial charge on any atom is -0.481 e. The Labute approximate surface area is 111 Å². The number of carbonyl (C=O) groups excluding carboxylic acids is 1. The number of nitrogens with two attached hydrogens (primary N) is 1. The maximum absolute atomic E-state index is 11.4. The molecular weight excluding hydrogens is 274 g/mol. The molecule has 1 rings (SSSR count). The van der Waals surface area contributed by atoms with E-state index in [9.17, 15) is 18.0 Å². The predicted octanol–water partition coefficient (Wildman–Crippen LogP) is -1.01. The van der Waals surface area contributed by atoms with Gasteiger partial charge in [-0.1, -0.05) is 12.2 Å². The minimum atomic E-state index is -3.51. The summed E-state index contributed by atoms with van der Waals surface area (Å²) >= 11 is 0. The quantitative estimate of drug-likeness (QED) is 0.367. The van der Waals surface area contributed by atoms with Crippen molar-refractivity contribution in [3.05, 3.63) is 12.2 Å². The molecule has 1 aliphatic rings. The second-order valence-electron chi connectivity index (χ2n) is 4.29. The van der Waals surface area contributed by atoms with Crippen molar-refractivity contribution in [3.63, 3.8) is 0 Å². The average molecular weight is 291 g/mol. The van der Waals surface area contributed by atoms with Crippen LogP contribution in [0.3, 0.4) is 0 Å². The first kappa shape index (κ1) is 15.4. The van der Waals surface area contributed by atoms with Crippen LogP contribution in [0.4, 0.5) is 4.79 Å². The molecule has 8 nitrogen and oxygen atoms in total. The van der Waals surface area contributed by atoms with Gasteiger partial charge in [-0.05, 0) is 12.8 Å². The monoisotopic (exact) mass is 291 g/mol. The van der Waals surface area contributed by atoms with E-state index in [1.807, 2.05) is 0 Å². The molecule has 108 valence electrons. The second-order valence-corrected chi connectivity index (χ2v) is 6.03. The lowest BCUT2D eigenvalue weighted by Gasteiger charge is -2.12. The highest BCUT2D eigenvalue weighted by atomic mass is 32.2. The van der Waals surface area contributed by atoms with Crippen LogP contribution in [0.15, 0.2) is 12.2 Å². The van der Waals surface area contributed by atoms with Gasteiger partial charge in [-0.15, -0.1) is 0 Å². The molecule has 9 heteroatoms. The molecule has 0 bridgehead atoms. The normalized spacial score (nSPS) is 22.2. The van der Waals surface area contributed by atoms with Crippen LogP contribution in [-0.2, 0) is 14.8 Å². The highest BCUT2D eigenvalue weighted by Gasteiger charge is 2.25. The molecule has 0 aliphatic heterocycles. The largest absolute Gasteiger partial charge is 0.481 e. The van der Waals surface area contributed by atoms with E-state index in [0.717, 1.165) is 0 Å². The van der Waals surface area contributed by atoms with Crippen molar-refractivity contribution < 1.29 is 23.1 Å². The van der Waals surface area contributed by atoms with Crippen molar-refractivity contribution in [1.29, 1.82) is 0 Å². The van der Waals surface area contributed by atoms with Gasteiger partial charge in [-0.2, -0.15) is 0 Å². The molecule has 0 aromatic carbocycles. The third-order valence-electron chi connectivity index (χ3n) is 2.61. The number of hydrogen-bond acceptors (Lipinski definition) is 4. The number of carbonyl (C=O) groups is 2. The Balaban J connectivity index is 2.19. The summed E-state index contributed by atoms with van der Waals surface area (Å²) in [6.45, 7) is 0.182. The van der Waals surface area contributed by atoms with Gasteiger partial charge in [0.15, 0.2) is 0 Å². The highest BCUT2D eigenvalue weighted by molar-refractivity contribution is 7.89. The number of aliphatic carboxylic acids is 1. The van der Waals surface area contributed by atoms with Crippen LogP contribution >= 0.6 is 0 Å². The molecule has 0 radical (unpaired) electrons. The van der Waals surface area contributed by atoms with Gasteiger partial charge in [0, 0.05) is 6.54 Å². The maximum Gasteiger partial charge on any atom is 0.315 e. The van der Waals surface area contributed by atoms with Gasteiger partial charge in [0.1, 0.15) is 0 Å². The Morgan fingerprint density at radius 3 is 2.58 bits per heavy atom. The van der Waals surface area contributed by atoms with Crippen LogP contribution < -0.4 is 15.8 Å². The van der Waals surface area contributed by atoms with Crippen LogP contribution in [0.2, 0.25) is 0 Å². The molecule has 0 aromatic heterocycles. The summed E-state index contributed by atoms with van der Waals surface area (Å²) < 4.78 is 21.3. The van der Waals surface area contributed by atoms with E-state index in [1.165, 1.54) is 6.08 Å². The molecule has 5 N–H and O–H groups in total. The molecule has 2 atom stereocenters. The highest BCUT2D eigenvalue weighted by Crippen LogP contribution is 2.17. The lowest BCUT2D eigenvalue weighted by molar-refractivity contribution is -0.140. The summed E-state index contributed by atoms with van der Waals surface area (Å²) in [5.41, 5.74) is 0. The Kier molecular flexibility index (Phi) is 5.31. The average Bonchev–Trinajstić information content (AvgIpc) is 2.71. The fourth-order valence-corrected chi connectivity index (χ4v) is 2.23. The summed E-state index contributed by atoms with van der Waals surface area (Å²) in [5, 5.41) is 18.6. The molecule has 0 fully saturated rings. The molecular formula is C10H17N3O5S. The Bertz CT molecular complexity index is 474. The minimum absolute atomic E-state index is 0.182. The SMILES string of the molecule is NS(=O)(=O)CCCNC(=O)NC1C=CC(C(=O)O)C1. The molecule has 0 aromatic rings. The molecule has 19 heavy (non-hydrogen) atoms. The van der Waals surface area contributed by atoms with E-state index in [4.69, 9.17) is 10.2 Å². The van der Waals surface area contributed by atoms with E-state index >= 15 is 0 Å². The summed E-state index contributed by atoms with van der Waals surface area (Å²) in [7, 11) is -3.51. The van der Waals surface area contributed by atoms with Crippen LogP contribution in [0.1, 0.15) is 12.8 Å². The number of nitrogens with one attached hydrogen (secondary N) is 2. The van der Waals surface area contributed by atoms with E-state index < -0.39 is 27.9 Å². The number of hydrogen-bond donors (Lipinski definition) is 4. The lowest BCUT2D eigenvalue weighted by Crippen LogP contribution is -2.41. The second kappa shape index (κ2) is 6.53. The molecule has 0 spiro atoms. The van der Waals surface area contributed by atoms with Crippen molar-refractivity contribution >= 4 is 22.0 Å². The topological polar surface area (TPSA) is 139 Å². The van der Waals surface area contributed by atoms with Crippen molar-refractivity contribution in [3.8, 4) is 0 Å². The van der Waals surface area contributed by atoms with Gasteiger partial charge in [0.05, 0.1) is 17.7 Å².